The van der Waals surface area contributed by atoms with E-state index in [0.717, 1.165) is 0 Å². The Bertz CT molecular complexity index is 222. The Hall–Kier alpha value is -1.18. The number of nitrogens with two attached hydrogens (primary N) is 1. The fourth-order valence-corrected chi connectivity index (χ4v) is 0.903. The van der Waals surface area contributed by atoms with Crippen LogP contribution in [0.4, 0.5) is 0 Å². The molecule has 0 saturated carbocycles. The molecule has 0 aromatic rings. The van der Waals surface area contributed by atoms with E-state index in [2.05, 4.69) is 5.32 Å². The molecule has 1 amide bonds. The lowest BCUT2D eigenvalue weighted by molar-refractivity contribution is -0.139. The molecular formula is C9H18N2O5. The minimum Gasteiger partial charge on any atom is -0.481 e. The number of carboxylic acids is 1. The first-order valence-corrected chi connectivity index (χ1v) is 4.89. The number of nitrogens with one attached hydrogen (secondary N) is 1. The number of carboxylic acid groups (broad SMARTS) is 1. The Morgan fingerprint density at radius 1 is 1.38 bits per heavy atom. The van der Waals surface area contributed by atoms with E-state index in [1.807, 2.05) is 0 Å². The third kappa shape index (κ3) is 8.16. The highest BCUT2D eigenvalue weighted by atomic mass is 16.5. The van der Waals surface area contributed by atoms with Gasteiger partial charge in [0.1, 0.15) is 0 Å². The fraction of sp³-hybridized carbons (Fsp3) is 0.778. The van der Waals surface area contributed by atoms with Crippen molar-refractivity contribution in [3.63, 3.8) is 0 Å². The van der Waals surface area contributed by atoms with Gasteiger partial charge in [-0.2, -0.15) is 0 Å². The lowest BCUT2D eigenvalue weighted by Gasteiger charge is -2.10. The van der Waals surface area contributed by atoms with Gasteiger partial charge in [0.25, 0.3) is 0 Å². The molecule has 1 atom stereocenters. The smallest absolute Gasteiger partial charge is 0.305 e. The molecule has 0 rings (SSSR count). The van der Waals surface area contributed by atoms with Gasteiger partial charge in [-0.25, -0.2) is 0 Å². The Kier molecular flexibility index (Phi) is 8.41. The second kappa shape index (κ2) is 9.08. The van der Waals surface area contributed by atoms with E-state index < -0.39 is 17.9 Å². The van der Waals surface area contributed by atoms with Gasteiger partial charge in [-0.05, 0) is 0 Å². The molecule has 16 heavy (non-hydrogen) atoms. The molecule has 0 spiro atoms. The van der Waals surface area contributed by atoms with E-state index in [4.69, 9.17) is 20.3 Å². The van der Waals surface area contributed by atoms with E-state index in [-0.39, 0.29) is 6.42 Å². The van der Waals surface area contributed by atoms with Gasteiger partial charge in [0.2, 0.25) is 5.91 Å². The van der Waals surface area contributed by atoms with E-state index >= 15 is 0 Å². The highest BCUT2D eigenvalue weighted by Gasteiger charge is 2.15. The number of ether oxygens (including phenoxy) is 2. The van der Waals surface area contributed by atoms with Gasteiger partial charge in [-0.1, -0.05) is 0 Å². The molecule has 0 aromatic heterocycles. The van der Waals surface area contributed by atoms with E-state index in [1.54, 1.807) is 7.11 Å². The summed E-state index contributed by atoms with van der Waals surface area (Å²) in [5.41, 5.74) is 5.33. The second-order valence-electron chi connectivity index (χ2n) is 3.10. The number of rotatable bonds is 9. The maximum Gasteiger partial charge on any atom is 0.305 e. The summed E-state index contributed by atoms with van der Waals surface area (Å²) >= 11 is 0. The topological polar surface area (TPSA) is 111 Å². The maximum absolute atomic E-state index is 11.2. The molecule has 0 bridgehead atoms. The number of carbonyl (C=O) groups excluding carboxylic acids is 1. The zero-order chi connectivity index (χ0) is 12.4. The van der Waals surface area contributed by atoms with Gasteiger partial charge in [0, 0.05) is 13.7 Å². The second-order valence-corrected chi connectivity index (χ2v) is 3.10. The van der Waals surface area contributed by atoms with Gasteiger partial charge in [-0.3, -0.25) is 9.59 Å². The van der Waals surface area contributed by atoms with Gasteiger partial charge in [-0.15, -0.1) is 0 Å². The molecule has 0 fully saturated rings. The minimum absolute atomic E-state index is 0.301. The first-order chi connectivity index (χ1) is 7.57. The molecular weight excluding hydrogens is 216 g/mol. The summed E-state index contributed by atoms with van der Waals surface area (Å²) in [7, 11) is 1.57. The monoisotopic (exact) mass is 234 g/mol. The molecule has 0 heterocycles. The van der Waals surface area contributed by atoms with Crippen molar-refractivity contribution < 1.29 is 24.2 Å². The van der Waals surface area contributed by atoms with Crippen LogP contribution in [-0.4, -0.2) is 56.5 Å². The molecule has 4 N–H and O–H groups in total. The van der Waals surface area contributed by atoms with Crippen LogP contribution in [0.2, 0.25) is 0 Å². The van der Waals surface area contributed by atoms with Crippen LogP contribution in [0.3, 0.4) is 0 Å². The third-order valence-electron chi connectivity index (χ3n) is 1.71. The molecule has 0 aliphatic heterocycles. The van der Waals surface area contributed by atoms with Crippen LogP contribution in [0.5, 0.6) is 0 Å². The number of hydrogen-bond donors (Lipinski definition) is 3. The summed E-state index contributed by atoms with van der Waals surface area (Å²) in [6.45, 7) is 1.59. The van der Waals surface area contributed by atoms with Gasteiger partial charge < -0.3 is 25.6 Å². The molecule has 0 aromatic carbocycles. The first kappa shape index (κ1) is 14.8. The average molecular weight is 234 g/mol. The summed E-state index contributed by atoms with van der Waals surface area (Å²) < 4.78 is 9.84. The largest absolute Gasteiger partial charge is 0.481 e. The number of methoxy groups -OCH3 is 1. The highest BCUT2D eigenvalue weighted by Crippen LogP contribution is 1.87. The molecule has 94 valence electrons. The zero-order valence-electron chi connectivity index (χ0n) is 9.27. The summed E-state index contributed by atoms with van der Waals surface area (Å²) in [5.74, 6) is -1.59. The SMILES string of the molecule is COCCOCCNC(=O)C(N)CC(=O)O. The van der Waals surface area contributed by atoms with Crippen LogP contribution in [0.25, 0.3) is 0 Å². The van der Waals surface area contributed by atoms with Crippen molar-refractivity contribution in [3.8, 4) is 0 Å². The molecule has 7 heteroatoms. The van der Waals surface area contributed by atoms with Crippen molar-refractivity contribution >= 4 is 11.9 Å². The highest BCUT2D eigenvalue weighted by molar-refractivity contribution is 5.85. The predicted octanol–water partition coefficient (Wildman–Crippen LogP) is -1.43. The molecule has 0 saturated heterocycles. The Labute approximate surface area is 93.9 Å². The van der Waals surface area contributed by atoms with Crippen LogP contribution in [0, 0.1) is 0 Å². The Morgan fingerprint density at radius 2 is 2.06 bits per heavy atom. The quantitative estimate of drug-likeness (QED) is 0.422. The van der Waals surface area contributed by atoms with Crippen molar-refractivity contribution in [1.29, 1.82) is 0 Å². The normalized spacial score (nSPS) is 12.1. The summed E-state index contributed by atoms with van der Waals surface area (Å²) in [4.78, 5) is 21.5. The molecule has 0 radical (unpaired) electrons. The van der Waals surface area contributed by atoms with Crippen molar-refractivity contribution in [2.24, 2.45) is 5.73 Å². The minimum atomic E-state index is -1.10. The standard InChI is InChI=1S/C9H18N2O5/c1-15-4-5-16-3-2-11-9(14)7(10)6-8(12)13/h7H,2-6,10H2,1H3,(H,11,14)(H,12,13). The Morgan fingerprint density at radius 3 is 2.62 bits per heavy atom. The molecule has 0 aliphatic rings. The van der Waals surface area contributed by atoms with Gasteiger partial charge in [0.05, 0.1) is 32.3 Å². The van der Waals surface area contributed by atoms with Crippen molar-refractivity contribution in [2.75, 3.05) is 33.5 Å². The predicted molar refractivity (Wildman–Crippen MR) is 55.9 cm³/mol. The molecule has 7 nitrogen and oxygen atoms in total. The van der Waals surface area contributed by atoms with E-state index in [9.17, 15) is 9.59 Å². The first-order valence-electron chi connectivity index (χ1n) is 4.89. The Balaban J connectivity index is 3.46. The lowest BCUT2D eigenvalue weighted by atomic mass is 10.2. The molecule has 1 unspecified atom stereocenters. The number of amides is 1. The zero-order valence-corrected chi connectivity index (χ0v) is 9.27. The number of hydrogen-bond acceptors (Lipinski definition) is 5. The molecule has 0 aliphatic carbocycles. The van der Waals surface area contributed by atoms with E-state index in [0.29, 0.717) is 26.4 Å². The fourth-order valence-electron chi connectivity index (χ4n) is 0.903. The van der Waals surface area contributed by atoms with Gasteiger partial charge in [0.15, 0.2) is 0 Å². The van der Waals surface area contributed by atoms with Gasteiger partial charge >= 0.3 is 5.97 Å². The van der Waals surface area contributed by atoms with Crippen molar-refractivity contribution in [1.82, 2.24) is 5.32 Å². The van der Waals surface area contributed by atoms with E-state index in [1.165, 1.54) is 0 Å². The average Bonchev–Trinajstić information content (AvgIpc) is 2.21. The van der Waals surface area contributed by atoms with Crippen LogP contribution < -0.4 is 11.1 Å². The maximum atomic E-state index is 11.2. The van der Waals surface area contributed by atoms with Crippen molar-refractivity contribution in [2.45, 2.75) is 12.5 Å². The summed E-state index contributed by atoms with van der Waals surface area (Å²) in [6, 6.07) is -1.02. The lowest BCUT2D eigenvalue weighted by Crippen LogP contribution is -2.43. The van der Waals surface area contributed by atoms with Crippen LogP contribution in [-0.2, 0) is 19.1 Å². The number of carbonyl (C=O) groups is 2. The van der Waals surface area contributed by atoms with Crippen LogP contribution in [0.15, 0.2) is 0 Å². The summed E-state index contributed by atoms with van der Waals surface area (Å²) in [6.07, 6.45) is -0.379. The van der Waals surface area contributed by atoms with Crippen LogP contribution in [0.1, 0.15) is 6.42 Å². The van der Waals surface area contributed by atoms with Crippen molar-refractivity contribution in [3.05, 3.63) is 0 Å². The third-order valence-corrected chi connectivity index (χ3v) is 1.71. The summed E-state index contributed by atoms with van der Waals surface area (Å²) in [5, 5.41) is 10.9. The van der Waals surface area contributed by atoms with Crippen LogP contribution >= 0.6 is 0 Å². The number of aliphatic carboxylic acids is 1.